The highest BCUT2D eigenvalue weighted by molar-refractivity contribution is 5.73. The quantitative estimate of drug-likeness (QED) is 0.709. The van der Waals surface area contributed by atoms with Crippen LogP contribution in [0.2, 0.25) is 0 Å². The Balaban J connectivity index is 1.47. The Morgan fingerprint density at radius 2 is 2.15 bits per heavy atom. The van der Waals surface area contributed by atoms with E-state index in [-0.39, 0.29) is 11.9 Å². The summed E-state index contributed by atoms with van der Waals surface area (Å²) in [5, 5.41) is 9.66. The Morgan fingerprint density at radius 1 is 1.31 bits per heavy atom. The molecule has 0 fully saturated rings. The average molecular weight is 354 g/mol. The summed E-state index contributed by atoms with van der Waals surface area (Å²) in [4.78, 5) is 20.4. The highest BCUT2D eigenvalue weighted by Gasteiger charge is 2.16. The number of aromatic nitrogens is 4. The van der Waals surface area contributed by atoms with Crippen LogP contribution in [0.3, 0.4) is 0 Å². The van der Waals surface area contributed by atoms with Crippen LogP contribution in [0.1, 0.15) is 35.4 Å². The number of imidazole rings is 1. The van der Waals surface area contributed by atoms with Crippen LogP contribution in [0.4, 0.5) is 4.79 Å². The Morgan fingerprint density at radius 3 is 2.77 bits per heavy atom. The molecule has 0 aromatic carbocycles. The number of amides is 2. The van der Waals surface area contributed by atoms with E-state index in [2.05, 4.69) is 25.8 Å². The van der Waals surface area contributed by atoms with E-state index < -0.39 is 0 Å². The van der Waals surface area contributed by atoms with Crippen molar-refractivity contribution in [3.63, 3.8) is 0 Å². The zero-order valence-corrected chi connectivity index (χ0v) is 15.1. The van der Waals surface area contributed by atoms with Gasteiger partial charge in [-0.05, 0) is 25.5 Å². The van der Waals surface area contributed by atoms with E-state index >= 15 is 0 Å². The Bertz CT molecular complexity index is 835. The summed E-state index contributed by atoms with van der Waals surface area (Å²) in [5.41, 5.74) is 2.83. The summed E-state index contributed by atoms with van der Waals surface area (Å²) in [6, 6.07) is 3.59. The number of hydrogen-bond donors (Lipinski definition) is 2. The number of carbonyl (C=O) groups is 1. The van der Waals surface area contributed by atoms with Gasteiger partial charge in [-0.25, -0.2) is 14.8 Å². The molecule has 8 nitrogen and oxygen atoms in total. The third-order valence-corrected chi connectivity index (χ3v) is 4.18. The fraction of sp³-hybridized carbons (Fsp3) is 0.333. The topological polar surface area (TPSA) is 97.9 Å². The average Bonchev–Trinajstić information content (AvgIpc) is 3.28. The lowest BCUT2D eigenvalue weighted by atomic mass is 10.00. The lowest BCUT2D eigenvalue weighted by Gasteiger charge is -2.13. The zero-order valence-electron chi connectivity index (χ0n) is 15.1. The van der Waals surface area contributed by atoms with Crippen molar-refractivity contribution in [2.75, 3.05) is 6.54 Å². The van der Waals surface area contributed by atoms with Crippen molar-refractivity contribution in [2.24, 2.45) is 0 Å². The fourth-order valence-electron chi connectivity index (χ4n) is 2.85. The maximum atomic E-state index is 12.0. The van der Waals surface area contributed by atoms with E-state index in [1.165, 1.54) is 0 Å². The van der Waals surface area contributed by atoms with Crippen molar-refractivity contribution in [3.8, 4) is 5.82 Å². The first kappa shape index (κ1) is 17.7. The first-order valence-electron chi connectivity index (χ1n) is 8.42. The van der Waals surface area contributed by atoms with E-state index in [1.807, 2.05) is 43.7 Å². The van der Waals surface area contributed by atoms with Crippen molar-refractivity contribution in [2.45, 2.75) is 33.2 Å². The van der Waals surface area contributed by atoms with Crippen LogP contribution in [-0.4, -0.2) is 32.3 Å². The molecule has 3 aromatic rings. The summed E-state index contributed by atoms with van der Waals surface area (Å²) in [7, 11) is 0. The molecule has 0 saturated heterocycles. The molecule has 0 bridgehead atoms. The number of hydrogen-bond acceptors (Lipinski definition) is 5. The SMILES string of the molecule is Cc1noc(C)c1C(C)CNC(=O)NCc1ccc(-n2ccnc2)nc1. The molecule has 2 amide bonds. The second-order valence-corrected chi connectivity index (χ2v) is 6.20. The van der Waals surface area contributed by atoms with Gasteiger partial charge in [0.2, 0.25) is 0 Å². The Kier molecular flexibility index (Phi) is 5.31. The van der Waals surface area contributed by atoms with Crippen molar-refractivity contribution in [1.82, 2.24) is 30.3 Å². The molecule has 3 rings (SSSR count). The third-order valence-electron chi connectivity index (χ3n) is 4.18. The van der Waals surface area contributed by atoms with E-state index in [0.29, 0.717) is 13.1 Å². The molecule has 0 saturated carbocycles. The smallest absolute Gasteiger partial charge is 0.315 e. The molecule has 1 unspecified atom stereocenters. The number of pyridine rings is 1. The van der Waals surface area contributed by atoms with Crippen molar-refractivity contribution < 1.29 is 9.32 Å². The van der Waals surface area contributed by atoms with Gasteiger partial charge in [-0.1, -0.05) is 18.1 Å². The zero-order chi connectivity index (χ0) is 18.5. The minimum Gasteiger partial charge on any atom is -0.361 e. The minimum absolute atomic E-state index is 0.128. The second kappa shape index (κ2) is 7.81. The summed E-state index contributed by atoms with van der Waals surface area (Å²) >= 11 is 0. The van der Waals surface area contributed by atoms with Crippen LogP contribution in [0.15, 0.2) is 41.6 Å². The number of urea groups is 1. The van der Waals surface area contributed by atoms with Crippen LogP contribution >= 0.6 is 0 Å². The van der Waals surface area contributed by atoms with E-state index in [0.717, 1.165) is 28.4 Å². The molecular weight excluding hydrogens is 332 g/mol. The van der Waals surface area contributed by atoms with Crippen LogP contribution in [0.25, 0.3) is 5.82 Å². The second-order valence-electron chi connectivity index (χ2n) is 6.20. The molecule has 136 valence electrons. The normalized spacial score (nSPS) is 12.0. The fourth-order valence-corrected chi connectivity index (χ4v) is 2.85. The third kappa shape index (κ3) is 4.08. The van der Waals surface area contributed by atoms with E-state index in [1.54, 1.807) is 18.7 Å². The van der Waals surface area contributed by atoms with Gasteiger partial charge in [-0.2, -0.15) is 0 Å². The predicted molar refractivity (Wildman–Crippen MR) is 96.0 cm³/mol. The van der Waals surface area contributed by atoms with Crippen LogP contribution < -0.4 is 10.6 Å². The van der Waals surface area contributed by atoms with Gasteiger partial charge in [-0.3, -0.25) is 4.57 Å². The molecule has 3 heterocycles. The van der Waals surface area contributed by atoms with Crippen molar-refractivity contribution in [3.05, 3.63) is 59.6 Å². The molecule has 0 radical (unpaired) electrons. The van der Waals surface area contributed by atoms with Gasteiger partial charge in [0.15, 0.2) is 0 Å². The summed E-state index contributed by atoms with van der Waals surface area (Å²) in [6.45, 7) is 6.73. The monoisotopic (exact) mass is 354 g/mol. The van der Waals surface area contributed by atoms with E-state index in [9.17, 15) is 4.79 Å². The van der Waals surface area contributed by atoms with Crippen LogP contribution in [0.5, 0.6) is 0 Å². The molecule has 26 heavy (non-hydrogen) atoms. The van der Waals surface area contributed by atoms with Crippen LogP contribution in [0, 0.1) is 13.8 Å². The molecule has 0 aliphatic rings. The van der Waals surface area contributed by atoms with Gasteiger partial charge in [0.05, 0.1) is 5.69 Å². The largest absolute Gasteiger partial charge is 0.361 e. The summed E-state index contributed by atoms with van der Waals surface area (Å²) in [5.74, 6) is 1.70. The highest BCUT2D eigenvalue weighted by atomic mass is 16.5. The molecule has 2 N–H and O–H groups in total. The summed E-state index contributed by atoms with van der Waals surface area (Å²) < 4.78 is 6.99. The van der Waals surface area contributed by atoms with Gasteiger partial charge in [0.25, 0.3) is 0 Å². The Labute approximate surface area is 151 Å². The molecule has 0 aliphatic heterocycles. The number of nitrogens with one attached hydrogen (secondary N) is 2. The maximum Gasteiger partial charge on any atom is 0.315 e. The van der Waals surface area contributed by atoms with Gasteiger partial charge >= 0.3 is 6.03 Å². The first-order valence-corrected chi connectivity index (χ1v) is 8.42. The van der Waals surface area contributed by atoms with Gasteiger partial charge in [0.1, 0.15) is 17.9 Å². The van der Waals surface area contributed by atoms with Crippen LogP contribution in [-0.2, 0) is 6.54 Å². The van der Waals surface area contributed by atoms with Crippen molar-refractivity contribution >= 4 is 6.03 Å². The first-order chi connectivity index (χ1) is 12.5. The number of aryl methyl sites for hydroxylation is 2. The summed E-state index contributed by atoms with van der Waals surface area (Å²) in [6.07, 6.45) is 6.95. The highest BCUT2D eigenvalue weighted by Crippen LogP contribution is 2.22. The lowest BCUT2D eigenvalue weighted by Crippen LogP contribution is -2.37. The predicted octanol–water partition coefficient (Wildman–Crippen LogP) is 2.48. The lowest BCUT2D eigenvalue weighted by molar-refractivity contribution is 0.240. The standard InChI is InChI=1S/C18H22N6O2/c1-12(17-13(2)23-26-14(17)3)8-21-18(25)22-10-15-4-5-16(20-9-15)24-7-6-19-11-24/h4-7,9,11-12H,8,10H2,1-3H3,(H2,21,22,25). The number of rotatable bonds is 6. The van der Waals surface area contributed by atoms with Crippen molar-refractivity contribution in [1.29, 1.82) is 0 Å². The number of nitrogens with zero attached hydrogens (tertiary/aromatic N) is 4. The van der Waals surface area contributed by atoms with E-state index in [4.69, 9.17) is 4.52 Å². The molecule has 0 aliphatic carbocycles. The molecular formula is C18H22N6O2. The molecule has 1 atom stereocenters. The number of carbonyl (C=O) groups excluding carboxylic acids is 1. The molecule has 3 aromatic heterocycles. The van der Waals surface area contributed by atoms with Gasteiger partial charge in [0, 0.05) is 43.2 Å². The minimum atomic E-state index is -0.220. The maximum absolute atomic E-state index is 12.0. The molecule has 0 spiro atoms. The molecule has 8 heteroatoms. The van der Waals surface area contributed by atoms with Gasteiger partial charge in [-0.15, -0.1) is 0 Å². The Hall–Kier alpha value is -3.16. The van der Waals surface area contributed by atoms with Gasteiger partial charge < -0.3 is 15.2 Å².